The van der Waals surface area contributed by atoms with E-state index >= 15 is 4.39 Å². The Bertz CT molecular complexity index is 1360. The van der Waals surface area contributed by atoms with E-state index < -0.39 is 5.97 Å². The van der Waals surface area contributed by atoms with E-state index in [1.807, 2.05) is 30.3 Å². The molecule has 3 aromatic carbocycles. The maximum atomic E-state index is 15.1. The van der Waals surface area contributed by atoms with Crippen LogP contribution in [0.25, 0.3) is 11.1 Å². The number of rotatable bonds is 9. The number of carboxylic acid groups (broad SMARTS) is 1. The SMILES string of the molecule is COc1ccc(F)c(-c2ccc(COc3cccc(C4(CC(=O)O)CCCCC4)c3)cc2[C@H]2CCCC2(C)C)c1. The highest BCUT2D eigenvalue weighted by Gasteiger charge is 2.38. The standard InChI is InChI=1S/C35H41FO4/c1-34(2)16-8-11-31(34)29-19-24(12-14-28(29)30-21-26(39-3)13-15-32(30)36)23-40-27-10-7-9-25(20-27)35(22-33(37)38)17-5-4-6-18-35/h7,9-10,12-15,19-21,31H,4-6,8,11,16-18,22-23H2,1-3H3,(H,37,38)/t31-/m1/s1. The number of ether oxygens (including phenoxy) is 2. The van der Waals surface area contributed by atoms with Crippen LogP contribution in [0.4, 0.5) is 4.39 Å². The average Bonchev–Trinajstić information content (AvgIpc) is 3.31. The van der Waals surface area contributed by atoms with Gasteiger partial charge in [0, 0.05) is 11.0 Å². The summed E-state index contributed by atoms with van der Waals surface area (Å²) in [7, 11) is 1.60. The maximum Gasteiger partial charge on any atom is 0.304 e. The van der Waals surface area contributed by atoms with Gasteiger partial charge in [-0.25, -0.2) is 4.39 Å². The Morgan fingerprint density at radius 2 is 1.73 bits per heavy atom. The van der Waals surface area contributed by atoms with Crippen LogP contribution in [-0.4, -0.2) is 18.2 Å². The van der Waals surface area contributed by atoms with Gasteiger partial charge in [0.05, 0.1) is 13.5 Å². The van der Waals surface area contributed by atoms with Crippen molar-refractivity contribution in [2.75, 3.05) is 7.11 Å². The molecule has 2 saturated carbocycles. The van der Waals surface area contributed by atoms with Gasteiger partial charge in [0.25, 0.3) is 0 Å². The number of hydrogen-bond acceptors (Lipinski definition) is 3. The second-order valence-corrected chi connectivity index (χ2v) is 12.4. The fourth-order valence-corrected chi connectivity index (χ4v) is 7.14. The second-order valence-electron chi connectivity index (χ2n) is 12.4. The third kappa shape index (κ3) is 5.89. The van der Waals surface area contributed by atoms with Crippen LogP contribution < -0.4 is 9.47 Å². The fraction of sp³-hybridized carbons (Fsp3) is 0.457. The highest BCUT2D eigenvalue weighted by atomic mass is 19.1. The van der Waals surface area contributed by atoms with Gasteiger partial charge in [-0.05, 0) is 89.6 Å². The quantitative estimate of drug-likeness (QED) is 0.292. The molecule has 1 atom stereocenters. The molecule has 2 fully saturated rings. The molecule has 0 unspecified atom stereocenters. The molecule has 0 saturated heterocycles. The second kappa shape index (κ2) is 11.6. The van der Waals surface area contributed by atoms with Gasteiger partial charge in [-0.15, -0.1) is 0 Å². The molecule has 4 nitrogen and oxygen atoms in total. The van der Waals surface area contributed by atoms with Gasteiger partial charge in [-0.3, -0.25) is 4.79 Å². The Morgan fingerprint density at radius 1 is 0.925 bits per heavy atom. The van der Waals surface area contributed by atoms with Crippen molar-refractivity contribution in [3.8, 4) is 22.6 Å². The number of aliphatic carboxylic acids is 1. The van der Waals surface area contributed by atoms with E-state index in [1.54, 1.807) is 19.2 Å². The van der Waals surface area contributed by atoms with Gasteiger partial charge < -0.3 is 14.6 Å². The average molecular weight is 545 g/mol. The molecule has 0 amide bonds. The molecule has 0 aromatic heterocycles. The number of benzene rings is 3. The first-order valence-corrected chi connectivity index (χ1v) is 14.6. The molecule has 2 aliphatic carbocycles. The Morgan fingerprint density at radius 3 is 2.42 bits per heavy atom. The van der Waals surface area contributed by atoms with Crippen molar-refractivity contribution in [3.05, 3.63) is 83.2 Å². The summed E-state index contributed by atoms with van der Waals surface area (Å²) in [6.07, 6.45) is 8.58. The topological polar surface area (TPSA) is 55.8 Å². The van der Waals surface area contributed by atoms with Crippen molar-refractivity contribution in [3.63, 3.8) is 0 Å². The van der Waals surface area contributed by atoms with Crippen LogP contribution in [0.3, 0.4) is 0 Å². The fourth-order valence-electron chi connectivity index (χ4n) is 7.14. The Balaban J connectivity index is 1.44. The first kappa shape index (κ1) is 28.2. The number of carbonyl (C=O) groups is 1. The lowest BCUT2D eigenvalue weighted by molar-refractivity contribution is -0.138. The minimum Gasteiger partial charge on any atom is -0.497 e. The lowest BCUT2D eigenvalue weighted by Gasteiger charge is -2.37. The largest absolute Gasteiger partial charge is 0.497 e. The minimum atomic E-state index is -0.747. The van der Waals surface area contributed by atoms with Crippen LogP contribution in [-0.2, 0) is 16.8 Å². The van der Waals surface area contributed by atoms with Crippen molar-refractivity contribution in [1.29, 1.82) is 0 Å². The summed E-state index contributed by atoms with van der Waals surface area (Å²) in [6, 6.07) is 19.2. The zero-order valence-electron chi connectivity index (χ0n) is 24.0. The number of hydrogen-bond donors (Lipinski definition) is 1. The summed E-state index contributed by atoms with van der Waals surface area (Å²) in [6.45, 7) is 5.00. The van der Waals surface area contributed by atoms with E-state index in [0.717, 1.165) is 79.4 Å². The number of carboxylic acids is 1. The molecule has 0 aliphatic heterocycles. The molecular formula is C35H41FO4. The number of halogens is 1. The molecule has 2 aliphatic rings. The predicted octanol–water partition coefficient (Wildman–Crippen LogP) is 9.05. The van der Waals surface area contributed by atoms with Gasteiger partial charge in [-0.1, -0.05) is 69.9 Å². The van der Waals surface area contributed by atoms with E-state index in [0.29, 0.717) is 23.8 Å². The van der Waals surface area contributed by atoms with E-state index in [2.05, 4.69) is 26.0 Å². The number of methoxy groups -OCH3 is 1. The molecule has 5 rings (SSSR count). The summed E-state index contributed by atoms with van der Waals surface area (Å²) in [4.78, 5) is 11.8. The maximum absolute atomic E-state index is 15.1. The van der Waals surface area contributed by atoms with Crippen molar-refractivity contribution in [2.45, 2.75) is 89.6 Å². The van der Waals surface area contributed by atoms with E-state index in [-0.39, 0.29) is 23.1 Å². The summed E-state index contributed by atoms with van der Waals surface area (Å²) in [5.74, 6) is 0.704. The van der Waals surface area contributed by atoms with Crippen LogP contribution >= 0.6 is 0 Å². The summed E-state index contributed by atoms with van der Waals surface area (Å²) >= 11 is 0. The van der Waals surface area contributed by atoms with Crippen molar-refractivity contribution < 1.29 is 23.8 Å². The normalized spacial score (nSPS) is 19.8. The van der Waals surface area contributed by atoms with Crippen molar-refractivity contribution >= 4 is 5.97 Å². The highest BCUT2D eigenvalue weighted by Crippen LogP contribution is 2.51. The third-order valence-corrected chi connectivity index (χ3v) is 9.36. The lowest BCUT2D eigenvalue weighted by Crippen LogP contribution is -2.31. The highest BCUT2D eigenvalue weighted by molar-refractivity contribution is 5.71. The van der Waals surface area contributed by atoms with Gasteiger partial charge >= 0.3 is 5.97 Å². The smallest absolute Gasteiger partial charge is 0.304 e. The third-order valence-electron chi connectivity index (χ3n) is 9.36. The summed E-state index contributed by atoms with van der Waals surface area (Å²) < 4.78 is 26.8. The first-order valence-electron chi connectivity index (χ1n) is 14.6. The van der Waals surface area contributed by atoms with Gasteiger partial charge in [-0.2, -0.15) is 0 Å². The summed E-state index contributed by atoms with van der Waals surface area (Å²) in [5.41, 5.74) is 4.52. The molecule has 0 heterocycles. The van der Waals surface area contributed by atoms with Gasteiger partial charge in [0.1, 0.15) is 23.9 Å². The minimum absolute atomic E-state index is 0.121. The summed E-state index contributed by atoms with van der Waals surface area (Å²) in [5, 5.41) is 9.66. The molecular weight excluding hydrogens is 503 g/mol. The zero-order valence-corrected chi connectivity index (χ0v) is 24.0. The van der Waals surface area contributed by atoms with Crippen molar-refractivity contribution in [2.24, 2.45) is 5.41 Å². The molecule has 212 valence electrons. The van der Waals surface area contributed by atoms with E-state index in [1.165, 1.54) is 6.07 Å². The monoisotopic (exact) mass is 544 g/mol. The molecule has 0 radical (unpaired) electrons. The van der Waals surface area contributed by atoms with Gasteiger partial charge in [0.2, 0.25) is 0 Å². The molecule has 0 spiro atoms. The molecule has 1 N–H and O–H groups in total. The predicted molar refractivity (Wildman–Crippen MR) is 157 cm³/mol. The Kier molecular flexibility index (Phi) is 8.21. The molecule has 5 heteroatoms. The molecule has 40 heavy (non-hydrogen) atoms. The lowest BCUT2D eigenvalue weighted by atomic mass is 9.67. The van der Waals surface area contributed by atoms with Crippen LogP contribution in [0, 0.1) is 11.2 Å². The molecule has 3 aromatic rings. The van der Waals surface area contributed by atoms with E-state index in [9.17, 15) is 9.90 Å². The van der Waals surface area contributed by atoms with Crippen LogP contribution in [0.15, 0.2) is 60.7 Å². The van der Waals surface area contributed by atoms with Crippen molar-refractivity contribution in [1.82, 2.24) is 0 Å². The van der Waals surface area contributed by atoms with Gasteiger partial charge in [0.15, 0.2) is 0 Å². The first-order chi connectivity index (χ1) is 19.2. The van der Waals surface area contributed by atoms with E-state index in [4.69, 9.17) is 9.47 Å². The Labute approximate surface area is 237 Å². The van der Waals surface area contributed by atoms with Crippen LogP contribution in [0.5, 0.6) is 11.5 Å². The Hall–Kier alpha value is -3.34. The zero-order chi connectivity index (χ0) is 28.3. The van der Waals surface area contributed by atoms with Crippen LogP contribution in [0.2, 0.25) is 0 Å². The molecule has 0 bridgehead atoms. The van der Waals surface area contributed by atoms with Crippen LogP contribution in [0.1, 0.15) is 94.2 Å².